The molecule has 1 fully saturated rings. The lowest BCUT2D eigenvalue weighted by Gasteiger charge is -2.38. The highest BCUT2D eigenvalue weighted by Gasteiger charge is 2.30. The van der Waals surface area contributed by atoms with Crippen LogP contribution in [-0.4, -0.2) is 44.8 Å². The second kappa shape index (κ2) is 7.34. The van der Waals surface area contributed by atoms with Crippen molar-refractivity contribution in [2.45, 2.75) is 51.5 Å². The number of methoxy groups -OCH3 is 1. The molecule has 0 radical (unpaired) electrons. The molecular weight excluding hydrogens is 212 g/mol. The van der Waals surface area contributed by atoms with E-state index in [1.165, 1.54) is 38.5 Å². The minimum Gasteiger partial charge on any atom is -0.383 e. The molecule has 2 N–H and O–H groups in total. The van der Waals surface area contributed by atoms with Crippen molar-refractivity contribution in [2.75, 3.05) is 33.9 Å². The number of ether oxygens (including phenoxy) is 1. The fourth-order valence-electron chi connectivity index (χ4n) is 2.86. The molecule has 1 aliphatic carbocycles. The quantitative estimate of drug-likeness (QED) is 0.744. The van der Waals surface area contributed by atoms with E-state index >= 15 is 0 Å². The Bertz CT molecular complexity index is 202. The van der Waals surface area contributed by atoms with E-state index in [4.69, 9.17) is 10.5 Å². The SMILES string of the molecule is COCC(C)N(C)CCC1(CN)CCCCC1. The summed E-state index contributed by atoms with van der Waals surface area (Å²) in [5.74, 6) is 0. The Labute approximate surface area is 107 Å². The summed E-state index contributed by atoms with van der Waals surface area (Å²) in [5.41, 5.74) is 6.45. The standard InChI is InChI=1S/C14H30N2O/c1-13(11-17-3)16(2)10-9-14(12-15)7-5-4-6-8-14/h13H,4-12,15H2,1-3H3. The Hall–Kier alpha value is -0.120. The minimum absolute atomic E-state index is 0.430. The third kappa shape index (κ3) is 4.57. The van der Waals surface area contributed by atoms with Gasteiger partial charge in [0.25, 0.3) is 0 Å². The molecule has 0 saturated heterocycles. The Morgan fingerprint density at radius 3 is 2.47 bits per heavy atom. The predicted molar refractivity (Wildman–Crippen MR) is 73.2 cm³/mol. The zero-order valence-corrected chi connectivity index (χ0v) is 11.9. The third-order valence-corrected chi connectivity index (χ3v) is 4.50. The molecule has 0 amide bonds. The van der Waals surface area contributed by atoms with Crippen molar-refractivity contribution >= 4 is 0 Å². The summed E-state index contributed by atoms with van der Waals surface area (Å²) >= 11 is 0. The van der Waals surface area contributed by atoms with Gasteiger partial charge in [0.05, 0.1) is 6.61 Å². The molecule has 0 aromatic carbocycles. The van der Waals surface area contributed by atoms with E-state index in [9.17, 15) is 0 Å². The van der Waals surface area contributed by atoms with Crippen molar-refractivity contribution < 1.29 is 4.74 Å². The molecule has 1 saturated carbocycles. The Morgan fingerprint density at radius 2 is 1.94 bits per heavy atom. The fraction of sp³-hybridized carbons (Fsp3) is 1.00. The van der Waals surface area contributed by atoms with Crippen LogP contribution >= 0.6 is 0 Å². The second-order valence-corrected chi connectivity index (χ2v) is 5.80. The van der Waals surface area contributed by atoms with E-state index < -0.39 is 0 Å². The van der Waals surface area contributed by atoms with Crippen LogP contribution in [0.25, 0.3) is 0 Å². The van der Waals surface area contributed by atoms with Crippen LogP contribution < -0.4 is 5.73 Å². The van der Waals surface area contributed by atoms with Gasteiger partial charge in [-0.25, -0.2) is 0 Å². The summed E-state index contributed by atoms with van der Waals surface area (Å²) in [6.07, 6.45) is 8.04. The monoisotopic (exact) mass is 242 g/mol. The molecule has 0 aromatic rings. The van der Waals surface area contributed by atoms with Crippen LogP contribution in [-0.2, 0) is 4.74 Å². The molecule has 0 aliphatic heterocycles. The molecule has 0 bridgehead atoms. The highest BCUT2D eigenvalue weighted by molar-refractivity contribution is 4.84. The second-order valence-electron chi connectivity index (χ2n) is 5.80. The molecule has 3 heteroatoms. The van der Waals surface area contributed by atoms with Gasteiger partial charge in [-0.1, -0.05) is 19.3 Å². The Balaban J connectivity index is 2.36. The molecule has 1 aliphatic rings. The number of likely N-dealkylation sites (N-methyl/N-ethyl adjacent to an activating group) is 1. The van der Waals surface area contributed by atoms with Crippen molar-refractivity contribution in [2.24, 2.45) is 11.1 Å². The van der Waals surface area contributed by atoms with Crippen LogP contribution in [0.3, 0.4) is 0 Å². The highest BCUT2D eigenvalue weighted by atomic mass is 16.5. The van der Waals surface area contributed by atoms with Gasteiger partial charge in [0, 0.05) is 13.2 Å². The van der Waals surface area contributed by atoms with Gasteiger partial charge in [-0.15, -0.1) is 0 Å². The van der Waals surface area contributed by atoms with E-state index in [1.54, 1.807) is 7.11 Å². The first kappa shape index (κ1) is 14.9. The molecule has 3 nitrogen and oxygen atoms in total. The molecule has 1 rings (SSSR count). The van der Waals surface area contributed by atoms with Crippen molar-refractivity contribution in [1.29, 1.82) is 0 Å². The van der Waals surface area contributed by atoms with Gasteiger partial charge in [0.15, 0.2) is 0 Å². The highest BCUT2D eigenvalue weighted by Crippen LogP contribution is 2.38. The molecule has 1 unspecified atom stereocenters. The lowest BCUT2D eigenvalue weighted by molar-refractivity contribution is 0.0945. The van der Waals surface area contributed by atoms with Crippen LogP contribution in [0.5, 0.6) is 0 Å². The average Bonchev–Trinajstić information content (AvgIpc) is 2.37. The summed E-state index contributed by atoms with van der Waals surface area (Å²) in [6.45, 7) is 5.03. The molecule has 0 spiro atoms. The van der Waals surface area contributed by atoms with E-state index in [0.29, 0.717) is 11.5 Å². The summed E-state index contributed by atoms with van der Waals surface area (Å²) in [5, 5.41) is 0. The summed E-state index contributed by atoms with van der Waals surface area (Å²) in [6, 6.07) is 0.499. The molecule has 102 valence electrons. The maximum Gasteiger partial charge on any atom is 0.0615 e. The van der Waals surface area contributed by atoms with Crippen LogP contribution in [0, 0.1) is 5.41 Å². The van der Waals surface area contributed by atoms with E-state index in [-0.39, 0.29) is 0 Å². The van der Waals surface area contributed by atoms with E-state index in [0.717, 1.165) is 19.7 Å². The van der Waals surface area contributed by atoms with Crippen LogP contribution in [0.1, 0.15) is 45.4 Å². The maximum atomic E-state index is 6.02. The van der Waals surface area contributed by atoms with Gasteiger partial charge >= 0.3 is 0 Å². The topological polar surface area (TPSA) is 38.5 Å². The Kier molecular flexibility index (Phi) is 6.45. The fourth-order valence-corrected chi connectivity index (χ4v) is 2.86. The van der Waals surface area contributed by atoms with Gasteiger partial charge in [0.2, 0.25) is 0 Å². The van der Waals surface area contributed by atoms with Crippen molar-refractivity contribution in [1.82, 2.24) is 4.90 Å². The molecule has 1 atom stereocenters. The third-order valence-electron chi connectivity index (χ3n) is 4.50. The minimum atomic E-state index is 0.430. The van der Waals surface area contributed by atoms with Gasteiger partial charge in [0.1, 0.15) is 0 Å². The smallest absolute Gasteiger partial charge is 0.0615 e. The van der Waals surface area contributed by atoms with Crippen LogP contribution in [0.2, 0.25) is 0 Å². The average molecular weight is 242 g/mol. The predicted octanol–water partition coefficient (Wildman–Crippen LogP) is 2.25. The zero-order valence-electron chi connectivity index (χ0n) is 11.9. The maximum absolute atomic E-state index is 6.02. The number of rotatable bonds is 7. The first-order valence-corrected chi connectivity index (χ1v) is 7.03. The van der Waals surface area contributed by atoms with Crippen molar-refractivity contribution in [3.63, 3.8) is 0 Å². The largest absolute Gasteiger partial charge is 0.383 e. The number of hydrogen-bond donors (Lipinski definition) is 1. The van der Waals surface area contributed by atoms with Crippen LogP contribution in [0.4, 0.5) is 0 Å². The van der Waals surface area contributed by atoms with E-state index in [2.05, 4.69) is 18.9 Å². The molecule has 0 heterocycles. The summed E-state index contributed by atoms with van der Waals surface area (Å²) in [7, 11) is 3.96. The number of nitrogens with two attached hydrogens (primary N) is 1. The number of nitrogens with zero attached hydrogens (tertiary/aromatic N) is 1. The number of hydrogen-bond acceptors (Lipinski definition) is 3. The zero-order chi connectivity index (χ0) is 12.7. The Morgan fingerprint density at radius 1 is 1.29 bits per heavy atom. The first-order valence-electron chi connectivity index (χ1n) is 7.03. The lowest BCUT2D eigenvalue weighted by Crippen LogP contribution is -2.39. The molecular formula is C14H30N2O. The van der Waals surface area contributed by atoms with Crippen molar-refractivity contribution in [3.05, 3.63) is 0 Å². The van der Waals surface area contributed by atoms with Crippen molar-refractivity contribution in [3.8, 4) is 0 Å². The van der Waals surface area contributed by atoms with E-state index in [1.807, 2.05) is 0 Å². The lowest BCUT2D eigenvalue weighted by atomic mass is 9.72. The summed E-state index contributed by atoms with van der Waals surface area (Å²) in [4.78, 5) is 2.40. The normalized spacial score (nSPS) is 21.7. The van der Waals surface area contributed by atoms with Gasteiger partial charge < -0.3 is 15.4 Å². The van der Waals surface area contributed by atoms with Gasteiger partial charge in [-0.3, -0.25) is 0 Å². The van der Waals surface area contributed by atoms with Gasteiger partial charge in [-0.05, 0) is 51.7 Å². The van der Waals surface area contributed by atoms with Crippen LogP contribution in [0.15, 0.2) is 0 Å². The first-order chi connectivity index (χ1) is 8.13. The summed E-state index contributed by atoms with van der Waals surface area (Å²) < 4.78 is 5.20. The molecule has 0 aromatic heterocycles. The molecule has 17 heavy (non-hydrogen) atoms. The van der Waals surface area contributed by atoms with Gasteiger partial charge in [-0.2, -0.15) is 0 Å².